The average Bonchev–Trinajstić information content (AvgIpc) is 3.47. The number of benzene rings is 3. The molecule has 3 aromatic carbocycles. The Balaban J connectivity index is 0.000000287. The summed E-state index contributed by atoms with van der Waals surface area (Å²) in [5.74, 6) is 1.09. The number of fused-ring (bicyclic) bond motifs is 2. The normalized spacial score (nSPS) is 13.3. The van der Waals surface area contributed by atoms with Crippen LogP contribution in [0.15, 0.2) is 53.5 Å². The van der Waals surface area contributed by atoms with Crippen molar-refractivity contribution in [2.24, 2.45) is 4.99 Å². The Kier molecular flexibility index (Phi) is 14.0. The van der Waals surface area contributed by atoms with E-state index in [-0.39, 0.29) is 81.7 Å². The summed E-state index contributed by atoms with van der Waals surface area (Å²) in [7, 11) is 0. The zero-order valence-electron chi connectivity index (χ0n) is 25.8. The fourth-order valence-corrected chi connectivity index (χ4v) is 4.09. The summed E-state index contributed by atoms with van der Waals surface area (Å²) in [4.78, 5) is 4.35. The first-order valence-corrected chi connectivity index (χ1v) is 13.5. The number of nitrogens with zero attached hydrogens (tertiary/aromatic N) is 1. The van der Waals surface area contributed by atoms with E-state index in [1.165, 1.54) is 27.8 Å². The Morgan fingerprint density at radius 3 is 1.74 bits per heavy atom. The largest absolute Gasteiger partial charge is 0.493 e. The quantitative estimate of drug-likeness (QED) is 0.218. The average molecular weight is 674 g/mol. The molecule has 0 fully saturated rings. The maximum atomic E-state index is 5.53. The third kappa shape index (κ3) is 10.9. The Morgan fingerprint density at radius 1 is 0.692 bits per heavy atom. The van der Waals surface area contributed by atoms with Gasteiger partial charge in [-0.3, -0.25) is 28.3 Å². The van der Waals surface area contributed by atoms with Crippen LogP contribution >= 0.6 is 0 Å². The molecule has 2 nitrogen and oxygen atoms in total. The minimum atomic E-state index is 0. The van der Waals surface area contributed by atoms with Gasteiger partial charge in [-0.1, -0.05) is 93.5 Å². The maximum absolute atomic E-state index is 5.53. The molecular weight excluding hydrogens is 628 g/mol. The fraction of sp³-hybridized carbons (Fsp3) is 0.457. The Bertz CT molecular complexity index is 1220. The van der Waals surface area contributed by atoms with Gasteiger partial charge in [0.25, 0.3) is 0 Å². The fourth-order valence-electron chi connectivity index (χ4n) is 4.09. The molecule has 39 heavy (non-hydrogen) atoms. The molecule has 0 atom stereocenters. The molecule has 5 rings (SSSR count). The van der Waals surface area contributed by atoms with Crippen LogP contribution in [0.1, 0.15) is 95.7 Å². The van der Waals surface area contributed by atoms with Crippen LogP contribution < -0.4 is 4.74 Å². The van der Waals surface area contributed by atoms with Crippen LogP contribution in [-0.4, -0.2) is 12.8 Å². The second-order valence-corrected chi connectivity index (χ2v) is 13.2. The van der Waals surface area contributed by atoms with Gasteiger partial charge >= 0.3 is 0 Å². The van der Waals surface area contributed by atoms with E-state index in [0.717, 1.165) is 36.4 Å². The standard InChI is InChI=1S/C12H15N.C12H16O.C11H14.2Y/c2*1-12(2,3)10-5-4-9-6-7-13-11(9)8-10;1-9-5-7-10(8-6-9)11(2,3)4;;/h4-5,7-8H,6H2,1-3H3;4-5,8H,6-7H2,1-3H3;7-8H,1-4H3;;/q;;-2;;. The van der Waals surface area contributed by atoms with Crippen LogP contribution in [0, 0.1) is 19.1 Å². The SMILES string of the molecule is CC(C)(C)c1ccc2c(c1)N=CC2.CC(C)(C)c1ccc2c(c1)OCC2.Cc1[c-]cc(C(C)(C)C)c[c-]1.[Y].[Y]. The maximum Gasteiger partial charge on any atom is 0.122 e. The zero-order valence-corrected chi connectivity index (χ0v) is 31.5. The molecule has 4 heteroatoms. The van der Waals surface area contributed by atoms with Crippen molar-refractivity contribution in [3.05, 3.63) is 94.0 Å². The van der Waals surface area contributed by atoms with Crippen LogP contribution in [0.5, 0.6) is 5.75 Å². The van der Waals surface area contributed by atoms with Crippen molar-refractivity contribution in [1.82, 2.24) is 0 Å². The van der Waals surface area contributed by atoms with E-state index in [1.807, 2.05) is 25.3 Å². The van der Waals surface area contributed by atoms with Crippen molar-refractivity contribution >= 4 is 11.9 Å². The molecule has 0 aliphatic carbocycles. The summed E-state index contributed by atoms with van der Waals surface area (Å²) in [5, 5.41) is 0. The van der Waals surface area contributed by atoms with E-state index in [4.69, 9.17) is 4.74 Å². The molecule has 0 spiro atoms. The van der Waals surface area contributed by atoms with Gasteiger partial charge < -0.3 is 16.9 Å². The molecular formula is C35H45NOY2-2. The smallest absolute Gasteiger partial charge is 0.122 e. The molecule has 2 heterocycles. The van der Waals surface area contributed by atoms with Crippen LogP contribution in [0.25, 0.3) is 0 Å². The van der Waals surface area contributed by atoms with E-state index < -0.39 is 0 Å². The third-order valence-corrected chi connectivity index (χ3v) is 6.81. The van der Waals surface area contributed by atoms with E-state index in [1.54, 1.807) is 0 Å². The van der Waals surface area contributed by atoms with Gasteiger partial charge in [-0.2, -0.15) is 0 Å². The topological polar surface area (TPSA) is 21.6 Å². The van der Waals surface area contributed by atoms with Gasteiger partial charge in [0.15, 0.2) is 0 Å². The molecule has 2 aliphatic rings. The van der Waals surface area contributed by atoms with Crippen molar-refractivity contribution in [2.75, 3.05) is 6.61 Å². The van der Waals surface area contributed by atoms with E-state index >= 15 is 0 Å². The number of hydrogen-bond acceptors (Lipinski definition) is 2. The first-order chi connectivity index (χ1) is 17.1. The first kappa shape index (κ1) is 36.4. The monoisotopic (exact) mass is 673 g/mol. The van der Waals surface area contributed by atoms with E-state index in [9.17, 15) is 0 Å². The van der Waals surface area contributed by atoms with Gasteiger partial charge in [-0.15, -0.1) is 5.41 Å². The van der Waals surface area contributed by atoms with Gasteiger partial charge in [-0.25, -0.2) is 0 Å². The predicted octanol–water partition coefficient (Wildman–Crippen LogP) is 9.05. The second kappa shape index (κ2) is 15.0. The molecule has 0 saturated carbocycles. The van der Waals surface area contributed by atoms with Crippen molar-refractivity contribution in [1.29, 1.82) is 0 Å². The molecule has 0 N–H and O–H groups in total. The minimum absolute atomic E-state index is 0. The van der Waals surface area contributed by atoms with Crippen LogP contribution in [0.2, 0.25) is 0 Å². The van der Waals surface area contributed by atoms with Crippen LogP contribution in [-0.2, 0) is 94.5 Å². The van der Waals surface area contributed by atoms with Gasteiger partial charge in [-0.05, 0) is 45.2 Å². The Hall–Kier alpha value is -0.662. The van der Waals surface area contributed by atoms with Gasteiger partial charge in [0.1, 0.15) is 5.75 Å². The second-order valence-electron chi connectivity index (χ2n) is 13.2. The molecule has 0 unspecified atom stereocenters. The van der Waals surface area contributed by atoms with Crippen molar-refractivity contribution in [2.45, 2.75) is 98.3 Å². The van der Waals surface area contributed by atoms with Gasteiger partial charge in [0.05, 0.1) is 12.3 Å². The van der Waals surface area contributed by atoms with Crippen molar-refractivity contribution < 1.29 is 70.2 Å². The Labute approximate surface area is 289 Å². The van der Waals surface area contributed by atoms with Gasteiger partial charge in [0.2, 0.25) is 0 Å². The van der Waals surface area contributed by atoms with E-state index in [2.05, 4.69) is 116 Å². The van der Waals surface area contributed by atoms with Gasteiger partial charge in [0, 0.05) is 84.5 Å². The number of ether oxygens (including phenoxy) is 1. The number of rotatable bonds is 0. The summed E-state index contributed by atoms with van der Waals surface area (Å²) in [6.45, 7) is 22.8. The minimum Gasteiger partial charge on any atom is -0.493 e. The summed E-state index contributed by atoms with van der Waals surface area (Å²) in [5.41, 5.74) is 9.64. The number of hydrogen-bond donors (Lipinski definition) is 0. The molecule has 204 valence electrons. The first-order valence-electron chi connectivity index (χ1n) is 13.5. The molecule has 3 aromatic rings. The number of aryl methyl sites for hydroxylation is 1. The summed E-state index contributed by atoms with van der Waals surface area (Å²) >= 11 is 0. The summed E-state index contributed by atoms with van der Waals surface area (Å²) in [6.07, 6.45) is 4.05. The molecule has 0 bridgehead atoms. The van der Waals surface area contributed by atoms with E-state index in [0.29, 0.717) is 0 Å². The third-order valence-electron chi connectivity index (χ3n) is 6.81. The molecule has 0 saturated heterocycles. The van der Waals surface area contributed by atoms with Crippen LogP contribution in [0.3, 0.4) is 0 Å². The predicted molar refractivity (Wildman–Crippen MR) is 159 cm³/mol. The van der Waals surface area contributed by atoms with Crippen molar-refractivity contribution in [3.8, 4) is 5.75 Å². The van der Waals surface area contributed by atoms with Crippen molar-refractivity contribution in [3.63, 3.8) is 0 Å². The summed E-state index contributed by atoms with van der Waals surface area (Å²) in [6, 6.07) is 23.6. The number of aliphatic imine (C=N–C) groups is 1. The molecule has 0 amide bonds. The zero-order chi connectivity index (χ0) is 27.4. The molecule has 2 radical (unpaired) electrons. The Morgan fingerprint density at radius 2 is 1.21 bits per heavy atom. The van der Waals surface area contributed by atoms with Crippen LogP contribution in [0.4, 0.5) is 5.69 Å². The molecule has 0 aromatic heterocycles. The molecule has 2 aliphatic heterocycles. The summed E-state index contributed by atoms with van der Waals surface area (Å²) < 4.78 is 5.53.